The first-order valence-corrected chi connectivity index (χ1v) is 10.6. The number of halogens is 1. The van der Waals surface area contributed by atoms with Crippen LogP contribution in [0, 0.1) is 0 Å². The number of hydrogen-bond donors (Lipinski definition) is 2. The van der Waals surface area contributed by atoms with Crippen molar-refractivity contribution >= 4 is 41.7 Å². The second kappa shape index (κ2) is 9.16. The predicted molar refractivity (Wildman–Crippen MR) is 122 cm³/mol. The summed E-state index contributed by atoms with van der Waals surface area (Å²) in [6.45, 7) is 4.77. The third-order valence-corrected chi connectivity index (χ3v) is 6.01. The number of fused-ring (bicyclic) bond motifs is 1. The van der Waals surface area contributed by atoms with E-state index in [1.54, 1.807) is 4.90 Å². The molecule has 0 spiro atoms. The fraction of sp³-hybridized carbons (Fsp3) is 0.391. The molecule has 0 saturated carbocycles. The van der Waals surface area contributed by atoms with Gasteiger partial charge in [0.25, 0.3) is 5.91 Å². The number of likely N-dealkylation sites (tertiary alicyclic amines) is 1. The van der Waals surface area contributed by atoms with Crippen molar-refractivity contribution in [2.75, 3.05) is 31.6 Å². The van der Waals surface area contributed by atoms with Crippen LogP contribution in [0.5, 0.6) is 0 Å². The molecule has 7 nitrogen and oxygen atoms in total. The van der Waals surface area contributed by atoms with Crippen LogP contribution in [0.1, 0.15) is 41.6 Å². The quantitative estimate of drug-likeness (QED) is 0.689. The van der Waals surface area contributed by atoms with Crippen LogP contribution < -0.4 is 5.32 Å². The normalized spacial score (nSPS) is 19.9. The summed E-state index contributed by atoms with van der Waals surface area (Å²) in [5, 5.41) is 2.94. The van der Waals surface area contributed by atoms with E-state index in [4.69, 9.17) is 4.74 Å². The third-order valence-electron chi connectivity index (χ3n) is 6.01. The zero-order valence-corrected chi connectivity index (χ0v) is 18.2. The average molecular weight is 443 g/mol. The van der Waals surface area contributed by atoms with E-state index in [0.717, 1.165) is 42.1 Å². The Balaban J connectivity index is 0.00000231. The van der Waals surface area contributed by atoms with Crippen molar-refractivity contribution in [3.8, 4) is 0 Å². The Morgan fingerprint density at radius 2 is 1.84 bits per heavy atom. The number of carbonyl (C=O) groups is 2. The molecule has 2 saturated heterocycles. The number of amides is 2. The van der Waals surface area contributed by atoms with Crippen LogP contribution in [0.15, 0.2) is 30.5 Å². The molecule has 2 aromatic rings. The Bertz CT molecular complexity index is 1010. The minimum Gasteiger partial charge on any atom is -0.448 e. The average Bonchev–Trinajstić information content (AvgIpc) is 3.44. The number of aromatic nitrogens is 1. The topological polar surface area (TPSA) is 77.7 Å². The van der Waals surface area contributed by atoms with Gasteiger partial charge in [-0.3, -0.25) is 9.69 Å². The summed E-state index contributed by atoms with van der Waals surface area (Å²) in [7, 11) is 0. The first-order valence-electron chi connectivity index (χ1n) is 10.6. The van der Waals surface area contributed by atoms with Crippen LogP contribution in [-0.2, 0) is 22.6 Å². The molecule has 0 radical (unpaired) electrons. The van der Waals surface area contributed by atoms with Gasteiger partial charge in [0.2, 0.25) is 0 Å². The number of anilines is 1. The largest absolute Gasteiger partial charge is 0.448 e. The fourth-order valence-electron chi connectivity index (χ4n) is 4.43. The number of cyclic esters (lactones) is 1. The number of H-pyrrole nitrogens is 1. The van der Waals surface area contributed by atoms with Gasteiger partial charge in [0.1, 0.15) is 6.61 Å². The first-order chi connectivity index (χ1) is 14.7. The van der Waals surface area contributed by atoms with Crippen molar-refractivity contribution in [3.05, 3.63) is 52.8 Å². The number of piperidine rings is 1. The number of ether oxygens (including phenoxy) is 1. The van der Waals surface area contributed by atoms with Crippen LogP contribution in [0.2, 0.25) is 0 Å². The summed E-state index contributed by atoms with van der Waals surface area (Å²) >= 11 is 0. The van der Waals surface area contributed by atoms with Gasteiger partial charge >= 0.3 is 6.09 Å². The molecule has 8 heteroatoms. The van der Waals surface area contributed by atoms with Crippen molar-refractivity contribution in [1.82, 2.24) is 14.8 Å². The molecular formula is C23H27ClN4O3. The monoisotopic (exact) mass is 442 g/mol. The molecule has 1 aromatic heterocycles. The van der Waals surface area contributed by atoms with Crippen molar-refractivity contribution in [2.24, 2.45) is 0 Å². The fourth-order valence-corrected chi connectivity index (χ4v) is 4.43. The summed E-state index contributed by atoms with van der Waals surface area (Å²) in [6, 6.07) is 7.96. The molecule has 31 heavy (non-hydrogen) atoms. The van der Waals surface area contributed by atoms with Gasteiger partial charge in [-0.2, -0.15) is 0 Å². The Kier molecular flexibility index (Phi) is 6.34. The molecule has 0 bridgehead atoms. The Hall–Kier alpha value is -2.77. The van der Waals surface area contributed by atoms with E-state index in [9.17, 15) is 9.59 Å². The lowest BCUT2D eigenvalue weighted by Crippen LogP contribution is -2.28. The number of aromatic amines is 1. The molecule has 4 heterocycles. The van der Waals surface area contributed by atoms with E-state index in [1.165, 1.54) is 24.8 Å². The number of nitrogens with one attached hydrogen (secondary N) is 2. The SMILES string of the molecule is Cl.O=C1Nc2ccc(CN3CCOC3=O)cc2/C1=C/c1cc(CN2CCCCC2)c[nH]1. The van der Waals surface area contributed by atoms with E-state index in [2.05, 4.69) is 21.3 Å². The summed E-state index contributed by atoms with van der Waals surface area (Å²) < 4.78 is 5.01. The number of benzene rings is 1. The van der Waals surface area contributed by atoms with Gasteiger partial charge in [-0.15, -0.1) is 12.4 Å². The van der Waals surface area contributed by atoms with Gasteiger partial charge in [0, 0.05) is 36.2 Å². The summed E-state index contributed by atoms with van der Waals surface area (Å²) in [4.78, 5) is 31.8. The summed E-state index contributed by atoms with van der Waals surface area (Å²) in [5.41, 5.74) is 5.46. The number of nitrogens with zero attached hydrogens (tertiary/aromatic N) is 2. The molecule has 0 unspecified atom stereocenters. The van der Waals surface area contributed by atoms with Crippen LogP contribution in [0.3, 0.4) is 0 Å². The van der Waals surface area contributed by atoms with E-state index in [1.807, 2.05) is 30.5 Å². The maximum absolute atomic E-state index is 12.6. The van der Waals surface area contributed by atoms with E-state index >= 15 is 0 Å². The van der Waals surface area contributed by atoms with Crippen LogP contribution >= 0.6 is 12.4 Å². The van der Waals surface area contributed by atoms with E-state index < -0.39 is 0 Å². The zero-order valence-electron chi connectivity index (χ0n) is 17.4. The Labute approximate surface area is 187 Å². The highest BCUT2D eigenvalue weighted by atomic mass is 35.5. The summed E-state index contributed by atoms with van der Waals surface area (Å²) in [5.74, 6) is -0.102. The van der Waals surface area contributed by atoms with Crippen molar-refractivity contribution in [2.45, 2.75) is 32.4 Å². The molecule has 3 aliphatic rings. The molecular weight excluding hydrogens is 416 g/mol. The highest BCUT2D eigenvalue weighted by Gasteiger charge is 2.26. The molecule has 2 fully saturated rings. The van der Waals surface area contributed by atoms with Crippen molar-refractivity contribution in [1.29, 1.82) is 0 Å². The zero-order chi connectivity index (χ0) is 20.5. The molecule has 3 aliphatic heterocycles. The van der Waals surface area contributed by atoms with Crippen LogP contribution in [0.4, 0.5) is 10.5 Å². The molecule has 164 valence electrons. The van der Waals surface area contributed by atoms with Gasteiger partial charge in [0.15, 0.2) is 0 Å². The molecule has 0 aliphatic carbocycles. The molecule has 2 N–H and O–H groups in total. The lowest BCUT2D eigenvalue weighted by atomic mass is 10.0. The highest BCUT2D eigenvalue weighted by molar-refractivity contribution is 6.34. The van der Waals surface area contributed by atoms with Gasteiger partial charge in [-0.05, 0) is 61.3 Å². The second-order valence-electron chi connectivity index (χ2n) is 8.23. The van der Waals surface area contributed by atoms with E-state index in [-0.39, 0.29) is 24.4 Å². The van der Waals surface area contributed by atoms with E-state index in [0.29, 0.717) is 25.3 Å². The maximum Gasteiger partial charge on any atom is 0.410 e. The molecule has 1 aromatic carbocycles. The minimum atomic E-state index is -0.284. The standard InChI is InChI=1S/C23H26N4O3.ClH/c28-22-20(12-18-10-17(13-24-18)14-26-6-2-1-3-7-26)19-11-16(4-5-21(19)25-22)15-27-8-9-30-23(27)29;/h4-5,10-13,24H,1-3,6-9,14-15H2,(H,25,28);1H/b20-12-;. The Morgan fingerprint density at radius 3 is 2.61 bits per heavy atom. The maximum atomic E-state index is 12.6. The number of carbonyl (C=O) groups excluding carboxylic acids is 2. The smallest absolute Gasteiger partial charge is 0.410 e. The van der Waals surface area contributed by atoms with Gasteiger partial charge in [-0.25, -0.2) is 4.79 Å². The van der Waals surface area contributed by atoms with Gasteiger partial charge in [0.05, 0.1) is 12.1 Å². The molecule has 0 atom stereocenters. The molecule has 2 amide bonds. The number of hydrogen-bond acceptors (Lipinski definition) is 4. The first kappa shape index (κ1) is 21.5. The Morgan fingerprint density at radius 1 is 1.00 bits per heavy atom. The van der Waals surface area contributed by atoms with Crippen LogP contribution in [-0.4, -0.2) is 53.0 Å². The van der Waals surface area contributed by atoms with Crippen molar-refractivity contribution < 1.29 is 14.3 Å². The lowest BCUT2D eigenvalue weighted by Gasteiger charge is -2.25. The second-order valence-corrected chi connectivity index (χ2v) is 8.23. The summed E-state index contributed by atoms with van der Waals surface area (Å²) in [6.07, 6.45) is 7.54. The minimum absolute atomic E-state index is 0. The highest BCUT2D eigenvalue weighted by Crippen LogP contribution is 2.34. The number of rotatable bonds is 5. The predicted octanol–water partition coefficient (Wildman–Crippen LogP) is 3.87. The third kappa shape index (κ3) is 4.62. The lowest BCUT2D eigenvalue weighted by molar-refractivity contribution is -0.110. The molecule has 5 rings (SSSR count). The van der Waals surface area contributed by atoms with Crippen LogP contribution in [0.25, 0.3) is 11.6 Å². The van der Waals surface area contributed by atoms with Crippen molar-refractivity contribution in [3.63, 3.8) is 0 Å². The van der Waals surface area contributed by atoms with Gasteiger partial charge < -0.3 is 19.9 Å². The van der Waals surface area contributed by atoms with Gasteiger partial charge in [-0.1, -0.05) is 12.5 Å².